The molecule has 0 unspecified atom stereocenters. The van der Waals surface area contributed by atoms with Gasteiger partial charge >= 0.3 is 5.97 Å². The molecule has 2 N–H and O–H groups in total. The first-order valence-electron chi connectivity index (χ1n) is 9.07. The molecule has 1 aromatic rings. The van der Waals surface area contributed by atoms with Gasteiger partial charge in [-0.05, 0) is 55.6 Å². The van der Waals surface area contributed by atoms with Gasteiger partial charge in [-0.15, -0.1) is 11.3 Å². The summed E-state index contributed by atoms with van der Waals surface area (Å²) in [5, 5.41) is 8.23. The molecule has 1 aliphatic carbocycles. The van der Waals surface area contributed by atoms with Crippen LogP contribution in [0.4, 0.5) is 5.00 Å². The van der Waals surface area contributed by atoms with Gasteiger partial charge in [-0.3, -0.25) is 0 Å². The number of hydrogen-bond acceptors (Lipinski definition) is 5. The fraction of sp³-hybridized carbons (Fsp3) is 0.667. The normalized spacial score (nSPS) is 22.8. The Morgan fingerprint density at radius 2 is 2.16 bits per heavy atom. The number of nitrogens with one attached hydrogen (secondary N) is 2. The van der Waals surface area contributed by atoms with Crippen molar-refractivity contribution in [3.05, 3.63) is 16.0 Å². The Hall–Kier alpha value is -0.790. The third kappa shape index (κ3) is 4.49. The molecule has 7 heteroatoms. The molecule has 0 saturated heterocycles. The summed E-state index contributed by atoms with van der Waals surface area (Å²) in [6, 6.07) is 0.421. The molecule has 138 valence electrons. The van der Waals surface area contributed by atoms with Crippen molar-refractivity contribution in [1.29, 1.82) is 0 Å². The van der Waals surface area contributed by atoms with Gasteiger partial charge in [0.15, 0.2) is 5.11 Å². The Bertz CT molecular complexity index is 645. The number of hydrogen-bond donors (Lipinski definition) is 2. The average molecular weight is 399 g/mol. The molecule has 2 aliphatic rings. The SMILES string of the molecule is CCOC(=O)c1c(NC(=S)N[C@@H]2CCCC[C@H]2C)sc2c1CCSC2. The fourth-order valence-corrected chi connectivity index (χ4v) is 6.27. The van der Waals surface area contributed by atoms with Crippen molar-refractivity contribution in [1.82, 2.24) is 5.32 Å². The highest BCUT2D eigenvalue weighted by atomic mass is 32.2. The predicted octanol–water partition coefficient (Wildman–Crippen LogP) is 4.58. The summed E-state index contributed by atoms with van der Waals surface area (Å²) in [5.41, 5.74) is 1.85. The number of thiocarbonyl (C=S) groups is 1. The van der Waals surface area contributed by atoms with Gasteiger partial charge in [0.25, 0.3) is 0 Å². The van der Waals surface area contributed by atoms with Gasteiger partial charge in [0, 0.05) is 16.7 Å². The Labute approximate surface area is 163 Å². The number of carbonyl (C=O) groups is 1. The van der Waals surface area contributed by atoms with Crippen molar-refractivity contribution in [2.75, 3.05) is 17.7 Å². The molecule has 1 fully saturated rings. The van der Waals surface area contributed by atoms with Crippen LogP contribution >= 0.6 is 35.3 Å². The zero-order valence-corrected chi connectivity index (χ0v) is 17.3. The topological polar surface area (TPSA) is 50.4 Å². The molecule has 1 aliphatic heterocycles. The van der Waals surface area contributed by atoms with Crippen LogP contribution in [-0.4, -0.2) is 29.5 Å². The Morgan fingerprint density at radius 1 is 1.36 bits per heavy atom. The molecule has 25 heavy (non-hydrogen) atoms. The van der Waals surface area contributed by atoms with E-state index in [1.54, 1.807) is 11.3 Å². The maximum Gasteiger partial charge on any atom is 0.341 e. The number of thioether (sulfide) groups is 1. The minimum atomic E-state index is -0.233. The van der Waals surface area contributed by atoms with Crippen LogP contribution in [0, 0.1) is 5.92 Å². The molecular formula is C18H26N2O2S3. The molecule has 3 rings (SSSR count). The van der Waals surface area contributed by atoms with E-state index < -0.39 is 0 Å². The number of thiophene rings is 1. The van der Waals surface area contributed by atoms with E-state index in [9.17, 15) is 4.79 Å². The minimum absolute atomic E-state index is 0.233. The van der Waals surface area contributed by atoms with Crippen molar-refractivity contribution in [3.63, 3.8) is 0 Å². The largest absolute Gasteiger partial charge is 0.462 e. The zero-order valence-electron chi connectivity index (χ0n) is 14.9. The molecular weight excluding hydrogens is 372 g/mol. The second-order valence-electron chi connectivity index (χ2n) is 6.70. The van der Waals surface area contributed by atoms with E-state index in [0.717, 1.165) is 34.9 Å². The monoisotopic (exact) mass is 398 g/mol. The van der Waals surface area contributed by atoms with Crippen molar-refractivity contribution in [2.24, 2.45) is 5.92 Å². The third-order valence-corrected chi connectivity index (χ3v) is 7.49. The first kappa shape index (κ1) is 19.0. The molecule has 0 bridgehead atoms. The highest BCUT2D eigenvalue weighted by Gasteiger charge is 2.28. The van der Waals surface area contributed by atoms with E-state index in [2.05, 4.69) is 17.6 Å². The van der Waals surface area contributed by atoms with Gasteiger partial charge in [0.2, 0.25) is 0 Å². The zero-order chi connectivity index (χ0) is 17.8. The molecule has 1 saturated carbocycles. The van der Waals surface area contributed by atoms with Crippen molar-refractivity contribution < 1.29 is 9.53 Å². The van der Waals surface area contributed by atoms with Crippen LogP contribution in [0.5, 0.6) is 0 Å². The first-order chi connectivity index (χ1) is 12.1. The maximum absolute atomic E-state index is 12.5. The maximum atomic E-state index is 12.5. The van der Waals surface area contributed by atoms with E-state index in [1.165, 1.54) is 24.1 Å². The summed E-state index contributed by atoms with van der Waals surface area (Å²) < 4.78 is 5.30. The Kier molecular flexibility index (Phi) is 6.63. The summed E-state index contributed by atoms with van der Waals surface area (Å²) in [4.78, 5) is 13.8. The summed E-state index contributed by atoms with van der Waals surface area (Å²) in [6.07, 6.45) is 5.89. The number of ether oxygens (including phenoxy) is 1. The van der Waals surface area contributed by atoms with Gasteiger partial charge in [0.05, 0.1) is 12.2 Å². The molecule has 1 aromatic heterocycles. The highest BCUT2D eigenvalue weighted by Crippen LogP contribution is 2.40. The lowest BCUT2D eigenvalue weighted by atomic mass is 9.86. The van der Waals surface area contributed by atoms with Gasteiger partial charge in [-0.1, -0.05) is 19.8 Å². The van der Waals surface area contributed by atoms with Gasteiger partial charge in [-0.2, -0.15) is 11.8 Å². The lowest BCUT2D eigenvalue weighted by Gasteiger charge is -2.30. The summed E-state index contributed by atoms with van der Waals surface area (Å²) in [6.45, 7) is 4.51. The fourth-order valence-electron chi connectivity index (χ4n) is 3.58. The van der Waals surface area contributed by atoms with Crippen LogP contribution in [-0.2, 0) is 16.9 Å². The number of fused-ring (bicyclic) bond motifs is 1. The van der Waals surface area contributed by atoms with Gasteiger partial charge < -0.3 is 15.4 Å². The Balaban J connectivity index is 1.75. The van der Waals surface area contributed by atoms with Crippen LogP contribution in [0.3, 0.4) is 0 Å². The van der Waals surface area contributed by atoms with Gasteiger partial charge in [0.1, 0.15) is 5.00 Å². The summed E-state index contributed by atoms with van der Waals surface area (Å²) in [7, 11) is 0. The smallest absolute Gasteiger partial charge is 0.341 e. The number of esters is 1. The lowest BCUT2D eigenvalue weighted by molar-refractivity contribution is 0.0527. The number of carbonyl (C=O) groups excluding carboxylic acids is 1. The molecule has 2 atom stereocenters. The van der Waals surface area contributed by atoms with Crippen molar-refractivity contribution in [2.45, 2.75) is 57.7 Å². The van der Waals surface area contributed by atoms with Crippen LogP contribution in [0.25, 0.3) is 0 Å². The van der Waals surface area contributed by atoms with Crippen LogP contribution in [0.15, 0.2) is 0 Å². The highest BCUT2D eigenvalue weighted by molar-refractivity contribution is 7.98. The van der Waals surface area contributed by atoms with E-state index in [0.29, 0.717) is 29.2 Å². The molecule has 2 heterocycles. The van der Waals surface area contributed by atoms with Gasteiger partial charge in [-0.25, -0.2) is 4.79 Å². The third-order valence-electron chi connectivity index (χ3n) is 4.95. The second kappa shape index (κ2) is 8.73. The lowest BCUT2D eigenvalue weighted by Crippen LogP contribution is -2.43. The first-order valence-corrected chi connectivity index (χ1v) is 11.4. The molecule has 4 nitrogen and oxygen atoms in total. The van der Waals surface area contributed by atoms with Crippen molar-refractivity contribution in [3.8, 4) is 0 Å². The Morgan fingerprint density at radius 3 is 2.92 bits per heavy atom. The quantitative estimate of drug-likeness (QED) is 0.572. The van der Waals surface area contributed by atoms with Crippen LogP contribution < -0.4 is 10.6 Å². The number of rotatable bonds is 4. The molecule has 0 amide bonds. The predicted molar refractivity (Wildman–Crippen MR) is 111 cm³/mol. The second-order valence-corrected chi connectivity index (χ2v) is 9.32. The summed E-state index contributed by atoms with van der Waals surface area (Å²) in [5.74, 6) is 2.42. The average Bonchev–Trinajstić information content (AvgIpc) is 2.95. The van der Waals surface area contributed by atoms with E-state index >= 15 is 0 Å². The van der Waals surface area contributed by atoms with E-state index in [4.69, 9.17) is 17.0 Å². The molecule has 0 spiro atoms. The van der Waals surface area contributed by atoms with Crippen molar-refractivity contribution >= 4 is 51.4 Å². The van der Waals surface area contributed by atoms with E-state index in [-0.39, 0.29) is 5.97 Å². The van der Waals surface area contributed by atoms with Crippen LogP contribution in [0.2, 0.25) is 0 Å². The van der Waals surface area contributed by atoms with E-state index in [1.807, 2.05) is 18.7 Å². The number of anilines is 1. The molecule has 0 radical (unpaired) electrons. The standard InChI is InChI=1S/C18H26N2O2S3/c1-3-22-17(21)15-12-8-9-24-10-14(12)25-16(15)20-18(23)19-13-7-5-4-6-11(13)2/h11,13H,3-10H2,1-2H3,(H2,19,20,23)/t11-,13-/m1/s1. The van der Waals surface area contributed by atoms with Crippen LogP contribution in [0.1, 0.15) is 60.3 Å². The summed E-state index contributed by atoms with van der Waals surface area (Å²) >= 11 is 9.11. The minimum Gasteiger partial charge on any atom is -0.462 e. The molecule has 0 aromatic carbocycles.